The molecule has 0 spiro atoms. The zero-order valence-corrected chi connectivity index (χ0v) is 8.31. The Morgan fingerprint density at radius 3 is 2.71 bits per heavy atom. The minimum absolute atomic E-state index is 0.0489. The Balaban J connectivity index is 2.18. The summed E-state index contributed by atoms with van der Waals surface area (Å²) in [4.78, 5) is 0. The molecular weight excluding hydrogens is 182 g/mol. The quantitative estimate of drug-likeness (QED) is 0.735. The minimum atomic E-state index is -0.0489. The number of rotatable bonds is 2. The first kappa shape index (κ1) is 9.61. The molecule has 0 amide bonds. The molecule has 0 saturated carbocycles. The van der Waals surface area contributed by atoms with Crippen LogP contribution in [-0.2, 0) is 18.4 Å². The fourth-order valence-electron chi connectivity index (χ4n) is 1.82. The van der Waals surface area contributed by atoms with E-state index in [0.717, 1.165) is 31.9 Å². The summed E-state index contributed by atoms with van der Waals surface area (Å²) in [6.07, 6.45) is 1.99. The Morgan fingerprint density at radius 2 is 2.14 bits per heavy atom. The Kier molecular flexibility index (Phi) is 2.79. The van der Waals surface area contributed by atoms with Gasteiger partial charge in [0.25, 0.3) is 0 Å². The van der Waals surface area contributed by atoms with Crippen molar-refractivity contribution in [3.8, 4) is 0 Å². The molecule has 0 unspecified atom stereocenters. The predicted octanol–water partition coefficient (Wildman–Crippen LogP) is 0.201. The van der Waals surface area contributed by atoms with Crippen LogP contribution in [0.4, 0.5) is 0 Å². The topological polar surface area (TPSA) is 60.2 Å². The summed E-state index contributed by atoms with van der Waals surface area (Å²) < 4.78 is 7.17. The highest BCUT2D eigenvalue weighted by atomic mass is 16.5. The van der Waals surface area contributed by atoms with Gasteiger partial charge in [-0.15, -0.1) is 10.2 Å². The van der Waals surface area contributed by atoms with Crippen molar-refractivity contribution in [2.75, 3.05) is 13.2 Å². The summed E-state index contributed by atoms with van der Waals surface area (Å²) >= 11 is 0. The van der Waals surface area contributed by atoms with Gasteiger partial charge >= 0.3 is 0 Å². The van der Waals surface area contributed by atoms with Crippen molar-refractivity contribution in [1.29, 1.82) is 0 Å². The van der Waals surface area contributed by atoms with Crippen LogP contribution >= 0.6 is 0 Å². The van der Waals surface area contributed by atoms with Gasteiger partial charge < -0.3 is 14.4 Å². The zero-order chi connectivity index (χ0) is 9.97. The molecule has 14 heavy (non-hydrogen) atoms. The third-order valence-electron chi connectivity index (χ3n) is 2.73. The second-order valence-corrected chi connectivity index (χ2v) is 3.58. The fourth-order valence-corrected chi connectivity index (χ4v) is 1.82. The molecule has 5 nitrogen and oxygen atoms in total. The molecule has 0 radical (unpaired) electrons. The zero-order valence-electron chi connectivity index (χ0n) is 8.31. The number of aliphatic hydroxyl groups excluding tert-OH is 1. The van der Waals surface area contributed by atoms with Crippen LogP contribution in [0.3, 0.4) is 0 Å². The van der Waals surface area contributed by atoms with Gasteiger partial charge in [0.15, 0.2) is 5.82 Å². The highest BCUT2D eigenvalue weighted by molar-refractivity contribution is 5.01. The molecule has 1 aromatic heterocycles. The third-order valence-corrected chi connectivity index (χ3v) is 2.73. The Morgan fingerprint density at radius 1 is 1.43 bits per heavy atom. The highest BCUT2D eigenvalue weighted by Gasteiger charge is 2.21. The van der Waals surface area contributed by atoms with Crippen LogP contribution in [0.2, 0.25) is 0 Å². The molecule has 1 N–H and O–H groups in total. The summed E-state index contributed by atoms with van der Waals surface area (Å²) in [7, 11) is 1.90. The normalized spacial score (nSPS) is 18.7. The summed E-state index contributed by atoms with van der Waals surface area (Å²) in [5, 5.41) is 17.0. The van der Waals surface area contributed by atoms with E-state index in [1.54, 1.807) is 0 Å². The SMILES string of the molecule is Cn1c(CO)nnc1C1CCOCC1. The van der Waals surface area contributed by atoms with Gasteiger partial charge in [0.1, 0.15) is 12.4 Å². The molecule has 2 heterocycles. The standard InChI is InChI=1S/C9H15N3O2/c1-12-8(6-13)10-11-9(12)7-2-4-14-5-3-7/h7,13H,2-6H2,1H3. The van der Waals surface area contributed by atoms with Gasteiger partial charge in [-0.3, -0.25) is 0 Å². The van der Waals surface area contributed by atoms with Gasteiger partial charge in [0, 0.05) is 26.2 Å². The van der Waals surface area contributed by atoms with Crippen LogP contribution in [0.1, 0.15) is 30.4 Å². The number of hydrogen-bond acceptors (Lipinski definition) is 4. The lowest BCUT2D eigenvalue weighted by atomic mass is 9.99. The van der Waals surface area contributed by atoms with Crippen LogP contribution in [0.15, 0.2) is 0 Å². The van der Waals surface area contributed by atoms with Gasteiger partial charge in [-0.25, -0.2) is 0 Å². The maximum absolute atomic E-state index is 8.98. The second-order valence-electron chi connectivity index (χ2n) is 3.58. The molecule has 1 aromatic rings. The number of ether oxygens (including phenoxy) is 1. The lowest BCUT2D eigenvalue weighted by molar-refractivity contribution is 0.0829. The smallest absolute Gasteiger partial charge is 0.158 e. The number of hydrogen-bond donors (Lipinski definition) is 1. The van der Waals surface area contributed by atoms with Gasteiger partial charge in [-0.2, -0.15) is 0 Å². The van der Waals surface area contributed by atoms with Crippen molar-refractivity contribution in [2.45, 2.75) is 25.4 Å². The molecule has 0 bridgehead atoms. The number of aromatic nitrogens is 3. The average Bonchev–Trinajstić information content (AvgIpc) is 2.61. The fraction of sp³-hybridized carbons (Fsp3) is 0.778. The lowest BCUT2D eigenvalue weighted by Crippen LogP contribution is -2.17. The number of nitrogens with zero attached hydrogens (tertiary/aromatic N) is 3. The van der Waals surface area contributed by atoms with Crippen LogP contribution in [0.5, 0.6) is 0 Å². The van der Waals surface area contributed by atoms with E-state index in [0.29, 0.717) is 11.7 Å². The molecule has 0 aliphatic carbocycles. The summed E-state index contributed by atoms with van der Waals surface area (Å²) in [6.45, 7) is 1.55. The molecular formula is C9H15N3O2. The molecule has 78 valence electrons. The summed E-state index contributed by atoms with van der Waals surface area (Å²) in [5.41, 5.74) is 0. The maximum Gasteiger partial charge on any atom is 0.158 e. The van der Waals surface area contributed by atoms with Crippen molar-refractivity contribution in [3.63, 3.8) is 0 Å². The van der Waals surface area contributed by atoms with E-state index in [1.165, 1.54) is 0 Å². The van der Waals surface area contributed by atoms with E-state index in [4.69, 9.17) is 9.84 Å². The third kappa shape index (κ3) is 1.65. The average molecular weight is 197 g/mol. The largest absolute Gasteiger partial charge is 0.388 e. The number of aliphatic hydroxyl groups is 1. The molecule has 1 aliphatic heterocycles. The Hall–Kier alpha value is -0.940. The van der Waals surface area contributed by atoms with Crippen molar-refractivity contribution in [2.24, 2.45) is 7.05 Å². The summed E-state index contributed by atoms with van der Waals surface area (Å²) in [5.74, 6) is 2.03. The first-order valence-electron chi connectivity index (χ1n) is 4.89. The van der Waals surface area contributed by atoms with E-state index in [-0.39, 0.29) is 6.61 Å². The minimum Gasteiger partial charge on any atom is -0.388 e. The Labute approximate surface area is 82.7 Å². The molecule has 1 aliphatic rings. The molecule has 2 rings (SSSR count). The van der Waals surface area contributed by atoms with E-state index < -0.39 is 0 Å². The van der Waals surface area contributed by atoms with E-state index >= 15 is 0 Å². The van der Waals surface area contributed by atoms with Crippen LogP contribution in [0.25, 0.3) is 0 Å². The van der Waals surface area contributed by atoms with Gasteiger partial charge in [-0.1, -0.05) is 0 Å². The molecule has 0 aromatic carbocycles. The maximum atomic E-state index is 8.98. The Bertz CT molecular complexity index is 305. The van der Waals surface area contributed by atoms with Crippen LogP contribution in [0, 0.1) is 0 Å². The van der Waals surface area contributed by atoms with E-state index in [1.807, 2.05) is 11.6 Å². The first-order valence-corrected chi connectivity index (χ1v) is 4.89. The van der Waals surface area contributed by atoms with Crippen LogP contribution < -0.4 is 0 Å². The molecule has 0 atom stereocenters. The van der Waals surface area contributed by atoms with Crippen molar-refractivity contribution in [1.82, 2.24) is 14.8 Å². The predicted molar refractivity (Wildman–Crippen MR) is 49.7 cm³/mol. The van der Waals surface area contributed by atoms with Crippen molar-refractivity contribution < 1.29 is 9.84 Å². The van der Waals surface area contributed by atoms with Gasteiger partial charge in [0.2, 0.25) is 0 Å². The van der Waals surface area contributed by atoms with E-state index in [2.05, 4.69) is 10.2 Å². The van der Waals surface area contributed by atoms with Crippen LogP contribution in [-0.4, -0.2) is 33.1 Å². The second kappa shape index (κ2) is 4.06. The molecule has 1 saturated heterocycles. The van der Waals surface area contributed by atoms with Gasteiger partial charge in [0.05, 0.1) is 0 Å². The van der Waals surface area contributed by atoms with E-state index in [9.17, 15) is 0 Å². The summed E-state index contributed by atoms with van der Waals surface area (Å²) in [6, 6.07) is 0. The molecule has 1 fully saturated rings. The van der Waals surface area contributed by atoms with Crippen molar-refractivity contribution >= 4 is 0 Å². The first-order chi connectivity index (χ1) is 6.83. The highest BCUT2D eigenvalue weighted by Crippen LogP contribution is 2.25. The molecule has 5 heteroatoms. The monoisotopic (exact) mass is 197 g/mol. The lowest BCUT2D eigenvalue weighted by Gasteiger charge is -2.20. The van der Waals surface area contributed by atoms with Gasteiger partial charge in [-0.05, 0) is 12.8 Å². The van der Waals surface area contributed by atoms with Crippen molar-refractivity contribution in [3.05, 3.63) is 11.6 Å².